The quantitative estimate of drug-likeness (QED) is 0.595. The van der Waals surface area contributed by atoms with Crippen LogP contribution < -0.4 is 10.6 Å². The van der Waals surface area contributed by atoms with Gasteiger partial charge in [-0.05, 0) is 65.9 Å². The van der Waals surface area contributed by atoms with Crippen LogP contribution in [0.1, 0.15) is 39.1 Å². The summed E-state index contributed by atoms with van der Waals surface area (Å²) in [6, 6.07) is 21.2. The molecule has 0 spiro atoms. The number of benzene rings is 3. The van der Waals surface area contributed by atoms with Crippen molar-refractivity contribution in [2.24, 2.45) is 0 Å². The molecular weight excluding hydrogens is 422 g/mol. The molecule has 1 saturated heterocycles. The molecule has 0 unspecified atom stereocenters. The van der Waals surface area contributed by atoms with Crippen molar-refractivity contribution >= 4 is 29.1 Å². The molecule has 0 aromatic heterocycles. The molecule has 1 fully saturated rings. The monoisotopic (exact) mass is 446 g/mol. The molecule has 2 aliphatic rings. The topological polar surface area (TPSA) is 61.4 Å². The Kier molecular flexibility index (Phi) is 5.25. The van der Waals surface area contributed by atoms with Crippen molar-refractivity contribution in [2.45, 2.75) is 25.4 Å². The normalized spacial score (nSPS) is 16.7. The Morgan fingerprint density at radius 1 is 1.03 bits per heavy atom. The van der Waals surface area contributed by atoms with E-state index in [1.165, 1.54) is 0 Å². The fraction of sp³-hybridized carbons (Fsp3) is 0.231. The number of anilines is 1. The van der Waals surface area contributed by atoms with E-state index in [2.05, 4.69) is 5.32 Å². The molecule has 3 aromatic rings. The molecule has 5 nitrogen and oxygen atoms in total. The summed E-state index contributed by atoms with van der Waals surface area (Å²) in [6.07, 6.45) is 1.69. The summed E-state index contributed by atoms with van der Waals surface area (Å²) in [4.78, 5) is 27.2. The Bertz CT molecular complexity index is 1210. The molecule has 0 aliphatic carbocycles. The first-order valence-corrected chi connectivity index (χ1v) is 11.2. The molecule has 2 heterocycles. The van der Waals surface area contributed by atoms with E-state index in [1.54, 1.807) is 6.07 Å². The van der Waals surface area contributed by atoms with Crippen LogP contribution in [-0.4, -0.2) is 35.8 Å². The Morgan fingerprint density at radius 2 is 1.78 bits per heavy atom. The highest BCUT2D eigenvalue weighted by Gasteiger charge is 2.26. The Morgan fingerprint density at radius 3 is 2.56 bits per heavy atom. The number of likely N-dealkylation sites (tertiary alicyclic amines) is 1. The SMILES string of the molecule is [2H]N1Cc2cc(NC3CCN(C(=O)c4ccccc4-c4ccc(Cl)cc4)CC3)ccc2C1=O. The van der Waals surface area contributed by atoms with Crippen LogP contribution in [0.4, 0.5) is 5.69 Å². The van der Waals surface area contributed by atoms with Crippen LogP contribution >= 0.6 is 11.6 Å². The third-order valence-corrected chi connectivity index (χ3v) is 6.45. The van der Waals surface area contributed by atoms with Crippen molar-refractivity contribution in [2.75, 3.05) is 18.4 Å². The lowest BCUT2D eigenvalue weighted by Crippen LogP contribution is -2.42. The average Bonchev–Trinajstić information content (AvgIpc) is 3.12. The zero-order chi connectivity index (χ0) is 22.9. The van der Waals surface area contributed by atoms with Gasteiger partial charge in [-0.25, -0.2) is 0 Å². The van der Waals surface area contributed by atoms with E-state index in [4.69, 9.17) is 13.0 Å². The largest absolute Gasteiger partial charge is 0.382 e. The summed E-state index contributed by atoms with van der Waals surface area (Å²) in [5.74, 6) is -0.201. The minimum absolute atomic E-state index is 0.0468. The highest BCUT2D eigenvalue weighted by atomic mass is 35.5. The van der Waals surface area contributed by atoms with Gasteiger partial charge in [-0.2, -0.15) is 0 Å². The molecule has 0 radical (unpaired) electrons. The fourth-order valence-corrected chi connectivity index (χ4v) is 4.57. The van der Waals surface area contributed by atoms with E-state index in [9.17, 15) is 9.59 Å². The van der Waals surface area contributed by atoms with Crippen LogP contribution in [0.25, 0.3) is 11.1 Å². The first-order chi connectivity index (χ1) is 16.0. The third kappa shape index (κ3) is 4.08. The second kappa shape index (κ2) is 8.67. The number of hydrogen-bond donors (Lipinski definition) is 2. The molecule has 0 bridgehead atoms. The Labute approximate surface area is 193 Å². The third-order valence-electron chi connectivity index (χ3n) is 6.19. The number of halogens is 1. The van der Waals surface area contributed by atoms with E-state index in [0.29, 0.717) is 35.8 Å². The summed E-state index contributed by atoms with van der Waals surface area (Å²) >= 11 is 6.03. The van der Waals surface area contributed by atoms with Gasteiger partial charge in [0.05, 0.1) is 0 Å². The van der Waals surface area contributed by atoms with Crippen LogP contribution in [0.3, 0.4) is 0 Å². The standard InChI is InChI=1S/C26H24ClN3O2/c27-19-7-5-17(6-8-19)22-3-1-2-4-24(22)26(32)30-13-11-20(12-14-30)29-21-9-10-23-18(15-21)16-28-25(23)31/h1-10,15,20,29H,11-14,16H2,(H,28,31)/i/hD. The highest BCUT2D eigenvalue weighted by molar-refractivity contribution is 6.30. The van der Waals surface area contributed by atoms with Gasteiger partial charge in [-0.3, -0.25) is 9.59 Å². The van der Waals surface area contributed by atoms with E-state index in [-0.39, 0.29) is 17.9 Å². The lowest BCUT2D eigenvalue weighted by Gasteiger charge is -2.33. The highest BCUT2D eigenvalue weighted by Crippen LogP contribution is 2.28. The molecule has 2 amide bonds. The second-order valence-electron chi connectivity index (χ2n) is 8.26. The number of carbonyl (C=O) groups is 2. The molecular formula is C26H24ClN3O2. The zero-order valence-electron chi connectivity index (χ0n) is 18.6. The van der Waals surface area contributed by atoms with E-state index in [0.717, 1.165) is 40.5 Å². The van der Waals surface area contributed by atoms with Gasteiger partial charge in [0.2, 0.25) is 0 Å². The minimum atomic E-state index is -0.248. The van der Waals surface area contributed by atoms with Gasteiger partial charge in [-0.15, -0.1) is 0 Å². The molecule has 0 saturated carbocycles. The van der Waals surface area contributed by atoms with E-state index in [1.807, 2.05) is 65.6 Å². The van der Waals surface area contributed by atoms with Crippen LogP contribution in [0.15, 0.2) is 66.7 Å². The lowest BCUT2D eigenvalue weighted by molar-refractivity contribution is 0.0719. The van der Waals surface area contributed by atoms with Gasteiger partial charge in [-0.1, -0.05) is 41.9 Å². The lowest BCUT2D eigenvalue weighted by atomic mass is 9.97. The van der Waals surface area contributed by atoms with Gasteiger partial charge in [0, 0.05) is 47.5 Å². The van der Waals surface area contributed by atoms with Crippen LogP contribution in [-0.2, 0) is 6.54 Å². The fourth-order valence-electron chi connectivity index (χ4n) is 4.45. The predicted octanol–water partition coefficient (Wildman–Crippen LogP) is 4.97. The second-order valence-corrected chi connectivity index (χ2v) is 8.69. The first kappa shape index (κ1) is 19.4. The number of nitrogens with zero attached hydrogens (tertiary/aromatic N) is 1. The Hall–Kier alpha value is -3.31. The van der Waals surface area contributed by atoms with Gasteiger partial charge in [0.25, 0.3) is 11.8 Å². The van der Waals surface area contributed by atoms with E-state index < -0.39 is 0 Å². The van der Waals surface area contributed by atoms with Crippen molar-refractivity contribution in [3.63, 3.8) is 0 Å². The van der Waals surface area contributed by atoms with Gasteiger partial charge < -0.3 is 15.5 Å². The summed E-state index contributed by atoms with van der Waals surface area (Å²) in [5.41, 5.74) is 5.03. The van der Waals surface area contributed by atoms with Crippen molar-refractivity contribution in [3.05, 3.63) is 88.4 Å². The summed E-state index contributed by atoms with van der Waals surface area (Å²) in [7, 11) is 0. The van der Waals surface area contributed by atoms with Crippen molar-refractivity contribution in [1.29, 1.82) is 0 Å². The maximum absolute atomic E-state index is 13.3. The molecule has 6 heteroatoms. The number of nitrogens with one attached hydrogen (secondary N) is 2. The van der Waals surface area contributed by atoms with Gasteiger partial charge in [0.15, 0.2) is 1.41 Å². The number of rotatable bonds is 4. The van der Waals surface area contributed by atoms with Crippen molar-refractivity contribution in [1.82, 2.24) is 10.2 Å². The number of piperidine rings is 1. The minimum Gasteiger partial charge on any atom is -0.382 e. The van der Waals surface area contributed by atoms with Crippen LogP contribution in [0.2, 0.25) is 6.43 Å². The van der Waals surface area contributed by atoms with Gasteiger partial charge in [0.1, 0.15) is 0 Å². The number of hydrogen-bond acceptors (Lipinski definition) is 3. The molecule has 3 aromatic carbocycles. The van der Waals surface area contributed by atoms with Crippen LogP contribution in [0.5, 0.6) is 0 Å². The number of fused-ring (bicyclic) bond motifs is 1. The van der Waals surface area contributed by atoms with Gasteiger partial charge >= 0.3 is 0 Å². The Balaban J connectivity index is 1.24. The van der Waals surface area contributed by atoms with E-state index >= 15 is 0 Å². The zero-order valence-corrected chi connectivity index (χ0v) is 18.3. The van der Waals surface area contributed by atoms with Crippen molar-refractivity contribution < 1.29 is 11.0 Å². The first-order valence-electron chi connectivity index (χ1n) is 11.3. The van der Waals surface area contributed by atoms with Crippen molar-refractivity contribution in [3.8, 4) is 11.1 Å². The van der Waals surface area contributed by atoms with Crippen LogP contribution in [0, 0.1) is 0 Å². The maximum Gasteiger partial charge on any atom is 0.254 e. The molecule has 162 valence electrons. The number of amides is 2. The average molecular weight is 447 g/mol. The molecule has 2 aliphatic heterocycles. The summed E-state index contributed by atoms with van der Waals surface area (Å²) < 4.78 is 7.68. The molecule has 0 atom stereocenters. The predicted molar refractivity (Wildman–Crippen MR) is 127 cm³/mol. The smallest absolute Gasteiger partial charge is 0.254 e. The molecule has 2 N–H and O–H groups in total. The molecule has 32 heavy (non-hydrogen) atoms. The maximum atomic E-state index is 13.3. The summed E-state index contributed by atoms with van der Waals surface area (Å²) in [6.45, 7) is 1.68. The summed E-state index contributed by atoms with van der Waals surface area (Å²) in [5, 5.41) is 5.20. The number of carbonyl (C=O) groups excluding carboxylic acids is 2. The molecule has 5 rings (SSSR count).